The fourth-order valence-electron chi connectivity index (χ4n) is 2.25. The Morgan fingerprint density at radius 2 is 1.95 bits per heavy atom. The van der Waals surface area contributed by atoms with E-state index >= 15 is 0 Å². The molecule has 0 N–H and O–H groups in total. The average molecular weight is 306 g/mol. The molecule has 0 spiro atoms. The Kier molecular flexibility index (Phi) is 6.39. The maximum absolute atomic E-state index is 11.9. The van der Waals surface area contributed by atoms with Crippen molar-refractivity contribution in [3.8, 4) is 0 Å². The molecule has 0 saturated carbocycles. The molecule has 1 aromatic rings. The van der Waals surface area contributed by atoms with Crippen molar-refractivity contribution in [2.24, 2.45) is 0 Å². The number of hydrogen-bond acceptors (Lipinski definition) is 3. The summed E-state index contributed by atoms with van der Waals surface area (Å²) in [6.07, 6.45) is -2.56. The lowest BCUT2D eigenvalue weighted by atomic mass is 10.1. The lowest BCUT2D eigenvalue weighted by Gasteiger charge is -2.09. The van der Waals surface area contributed by atoms with E-state index in [-0.39, 0.29) is 12.4 Å². The van der Waals surface area contributed by atoms with E-state index in [0.717, 1.165) is 11.4 Å². The third kappa shape index (κ3) is 5.15. The predicted molar refractivity (Wildman–Crippen MR) is 72.5 cm³/mol. The van der Waals surface area contributed by atoms with Crippen LogP contribution < -0.4 is 0 Å². The van der Waals surface area contributed by atoms with Crippen molar-refractivity contribution < 1.29 is 22.7 Å². The van der Waals surface area contributed by atoms with E-state index in [1.54, 1.807) is 4.68 Å². The van der Waals surface area contributed by atoms with Gasteiger partial charge in [0.15, 0.2) is 5.78 Å². The summed E-state index contributed by atoms with van der Waals surface area (Å²) in [5.74, 6) is -0.0247. The molecule has 0 amide bonds. The molecule has 1 heterocycles. The molecule has 0 radical (unpaired) electrons. The number of halogens is 3. The highest BCUT2D eigenvalue weighted by molar-refractivity contribution is 5.96. The van der Waals surface area contributed by atoms with Crippen LogP contribution in [-0.2, 0) is 24.1 Å². The third-order valence-electron chi connectivity index (χ3n) is 3.08. The molecule has 0 bridgehead atoms. The summed E-state index contributed by atoms with van der Waals surface area (Å²) in [7, 11) is 0. The van der Waals surface area contributed by atoms with Crippen molar-refractivity contribution in [1.29, 1.82) is 0 Å². The molecule has 0 atom stereocenters. The summed E-state index contributed by atoms with van der Waals surface area (Å²) in [6.45, 7) is 4.59. The Morgan fingerprint density at radius 1 is 1.29 bits per heavy atom. The highest BCUT2D eigenvalue weighted by Crippen LogP contribution is 2.18. The first-order chi connectivity index (χ1) is 9.80. The maximum Gasteiger partial charge on any atom is 0.411 e. The van der Waals surface area contributed by atoms with Crippen LogP contribution in [0.4, 0.5) is 13.2 Å². The summed E-state index contributed by atoms with van der Waals surface area (Å²) in [5, 5.41) is 4.39. The van der Waals surface area contributed by atoms with Crippen molar-refractivity contribution in [2.75, 3.05) is 13.2 Å². The summed E-state index contributed by atoms with van der Waals surface area (Å²) in [5.41, 5.74) is 2.24. The molecule has 4 nitrogen and oxygen atoms in total. The van der Waals surface area contributed by atoms with Gasteiger partial charge in [0.2, 0.25) is 0 Å². The molecular weight excluding hydrogens is 285 g/mol. The van der Waals surface area contributed by atoms with Gasteiger partial charge in [-0.15, -0.1) is 0 Å². The monoisotopic (exact) mass is 306 g/mol. The van der Waals surface area contributed by atoms with Crippen LogP contribution in [0.15, 0.2) is 0 Å². The lowest BCUT2D eigenvalue weighted by molar-refractivity contribution is -0.174. The molecule has 0 aromatic carbocycles. The zero-order valence-electron chi connectivity index (χ0n) is 12.6. The number of Topliss-reactive ketones (excluding diaryl/α,β-unsaturated/α-hetero) is 1. The van der Waals surface area contributed by atoms with E-state index in [1.165, 1.54) is 6.92 Å². The SMILES string of the molecule is CCc1nn(CCCOCC(F)(F)F)c(CC)c1C(C)=O. The largest absolute Gasteiger partial charge is 0.411 e. The number of rotatable bonds is 8. The fourth-order valence-corrected chi connectivity index (χ4v) is 2.25. The number of aromatic nitrogens is 2. The Morgan fingerprint density at radius 3 is 2.43 bits per heavy atom. The van der Waals surface area contributed by atoms with Gasteiger partial charge in [-0.05, 0) is 26.2 Å². The highest BCUT2D eigenvalue weighted by atomic mass is 19.4. The minimum absolute atomic E-state index is 0.0133. The Labute approximate surface area is 122 Å². The standard InChI is InChI=1S/C14H21F3N2O2/c1-4-11-13(10(3)20)12(5-2)19(18-11)7-6-8-21-9-14(15,16)17/h4-9H2,1-3H3. The molecule has 0 aliphatic carbocycles. The molecular formula is C14H21F3N2O2. The molecule has 0 aliphatic rings. The minimum atomic E-state index is -4.29. The number of nitrogens with zero attached hydrogens (tertiary/aromatic N) is 2. The molecule has 0 aliphatic heterocycles. The first-order valence-corrected chi connectivity index (χ1v) is 7.04. The second kappa shape index (κ2) is 7.59. The Balaban J connectivity index is 2.65. The molecule has 1 rings (SSSR count). The van der Waals surface area contributed by atoms with Gasteiger partial charge >= 0.3 is 6.18 Å². The minimum Gasteiger partial charge on any atom is -0.372 e. The third-order valence-corrected chi connectivity index (χ3v) is 3.08. The van der Waals surface area contributed by atoms with Crippen LogP contribution in [0, 0.1) is 0 Å². The van der Waals surface area contributed by atoms with Crippen molar-refractivity contribution >= 4 is 5.78 Å². The van der Waals surface area contributed by atoms with E-state index < -0.39 is 12.8 Å². The average Bonchev–Trinajstić information content (AvgIpc) is 2.74. The number of ether oxygens (including phenoxy) is 1. The zero-order chi connectivity index (χ0) is 16.0. The second-order valence-corrected chi connectivity index (χ2v) is 4.78. The topological polar surface area (TPSA) is 44.1 Å². The predicted octanol–water partition coefficient (Wildman–Crippen LogP) is 3.18. The number of alkyl halides is 3. The number of aryl methyl sites for hydroxylation is 2. The van der Waals surface area contributed by atoms with Crippen LogP contribution in [-0.4, -0.2) is 35.0 Å². The molecule has 0 unspecified atom stereocenters. The van der Waals surface area contributed by atoms with Gasteiger partial charge in [-0.2, -0.15) is 18.3 Å². The van der Waals surface area contributed by atoms with E-state index in [1.807, 2.05) is 13.8 Å². The van der Waals surface area contributed by atoms with Gasteiger partial charge in [-0.1, -0.05) is 13.8 Å². The first-order valence-electron chi connectivity index (χ1n) is 7.04. The van der Waals surface area contributed by atoms with Crippen molar-refractivity contribution in [1.82, 2.24) is 9.78 Å². The summed E-state index contributed by atoms with van der Waals surface area (Å²) < 4.78 is 42.1. The van der Waals surface area contributed by atoms with E-state index in [2.05, 4.69) is 9.84 Å². The molecule has 7 heteroatoms. The quantitative estimate of drug-likeness (QED) is 0.547. The van der Waals surface area contributed by atoms with Crippen LogP contribution in [0.2, 0.25) is 0 Å². The van der Waals surface area contributed by atoms with Gasteiger partial charge in [-0.3, -0.25) is 9.48 Å². The van der Waals surface area contributed by atoms with E-state index in [4.69, 9.17) is 0 Å². The second-order valence-electron chi connectivity index (χ2n) is 4.78. The lowest BCUT2D eigenvalue weighted by Crippen LogP contribution is -2.18. The maximum atomic E-state index is 11.9. The van der Waals surface area contributed by atoms with Crippen molar-refractivity contribution in [3.05, 3.63) is 17.0 Å². The molecule has 1 aromatic heterocycles. The summed E-state index contributed by atoms with van der Waals surface area (Å²) in [6, 6.07) is 0. The van der Waals surface area contributed by atoms with E-state index in [0.29, 0.717) is 31.4 Å². The van der Waals surface area contributed by atoms with Gasteiger partial charge in [-0.25, -0.2) is 0 Å². The molecule has 120 valence electrons. The first kappa shape index (κ1) is 17.7. The number of ketones is 1. The molecule has 0 saturated heterocycles. The summed E-state index contributed by atoms with van der Waals surface area (Å²) in [4.78, 5) is 11.7. The van der Waals surface area contributed by atoms with Crippen molar-refractivity contribution in [2.45, 2.75) is 52.8 Å². The van der Waals surface area contributed by atoms with Crippen LogP contribution in [0.3, 0.4) is 0 Å². The van der Waals surface area contributed by atoms with Crippen LogP contribution >= 0.6 is 0 Å². The normalized spacial score (nSPS) is 11.9. The van der Waals surface area contributed by atoms with Gasteiger partial charge in [0.05, 0.1) is 11.3 Å². The number of carbonyl (C=O) groups excluding carboxylic acids is 1. The smallest absolute Gasteiger partial charge is 0.372 e. The summed E-state index contributed by atoms with van der Waals surface area (Å²) >= 11 is 0. The Bertz CT molecular complexity index is 481. The van der Waals surface area contributed by atoms with Crippen LogP contribution in [0.1, 0.15) is 48.9 Å². The fraction of sp³-hybridized carbons (Fsp3) is 0.714. The van der Waals surface area contributed by atoms with Gasteiger partial charge in [0.1, 0.15) is 6.61 Å². The van der Waals surface area contributed by atoms with Gasteiger partial charge in [0.25, 0.3) is 0 Å². The van der Waals surface area contributed by atoms with Crippen molar-refractivity contribution in [3.63, 3.8) is 0 Å². The molecule has 0 fully saturated rings. The van der Waals surface area contributed by atoms with Crippen LogP contribution in [0.25, 0.3) is 0 Å². The highest BCUT2D eigenvalue weighted by Gasteiger charge is 2.27. The van der Waals surface area contributed by atoms with E-state index in [9.17, 15) is 18.0 Å². The Hall–Kier alpha value is -1.37. The molecule has 21 heavy (non-hydrogen) atoms. The van der Waals surface area contributed by atoms with Crippen LogP contribution in [0.5, 0.6) is 0 Å². The number of hydrogen-bond donors (Lipinski definition) is 0. The van der Waals surface area contributed by atoms with Gasteiger partial charge in [0, 0.05) is 18.8 Å². The van der Waals surface area contributed by atoms with Gasteiger partial charge < -0.3 is 4.74 Å². The zero-order valence-corrected chi connectivity index (χ0v) is 12.6. The number of carbonyl (C=O) groups is 1.